The number of nitrogens with zero attached hydrogens (tertiary/aromatic N) is 1. The molecule has 0 aromatic carbocycles. The van der Waals surface area contributed by atoms with E-state index in [1.54, 1.807) is 6.92 Å². The lowest BCUT2D eigenvalue weighted by molar-refractivity contribution is -0.117. The molecule has 1 aliphatic carbocycles. The summed E-state index contributed by atoms with van der Waals surface area (Å²) in [5.41, 5.74) is 0. The Morgan fingerprint density at radius 3 is 2.50 bits per heavy atom. The maximum atomic E-state index is 10.8. The van der Waals surface area contributed by atoms with E-state index in [4.69, 9.17) is 5.11 Å². The minimum Gasteiger partial charge on any atom is -0.395 e. The van der Waals surface area contributed by atoms with Gasteiger partial charge in [-0.1, -0.05) is 12.8 Å². The van der Waals surface area contributed by atoms with Gasteiger partial charge in [-0.2, -0.15) is 0 Å². The topological polar surface area (TPSA) is 40.5 Å². The number of ketones is 1. The van der Waals surface area contributed by atoms with Crippen molar-refractivity contribution in [2.45, 2.75) is 57.9 Å². The van der Waals surface area contributed by atoms with Crippen molar-refractivity contribution in [2.75, 3.05) is 19.7 Å². The van der Waals surface area contributed by atoms with Gasteiger partial charge in [0.1, 0.15) is 5.78 Å². The molecule has 0 aromatic heterocycles. The molecule has 0 bridgehead atoms. The monoisotopic (exact) mass is 227 g/mol. The number of Topliss-reactive ketones (excluding diaryl/α,β-unsaturated/α-hetero) is 1. The fourth-order valence-electron chi connectivity index (χ4n) is 2.56. The lowest BCUT2D eigenvalue weighted by atomic mass is 10.1. The summed E-state index contributed by atoms with van der Waals surface area (Å²) in [5, 5.41) is 9.05. The zero-order chi connectivity index (χ0) is 11.8. The summed E-state index contributed by atoms with van der Waals surface area (Å²) in [4.78, 5) is 13.2. The third-order valence-corrected chi connectivity index (χ3v) is 3.45. The van der Waals surface area contributed by atoms with Crippen molar-refractivity contribution in [1.82, 2.24) is 4.90 Å². The predicted molar refractivity (Wildman–Crippen MR) is 65.4 cm³/mol. The summed E-state index contributed by atoms with van der Waals surface area (Å²) in [6, 6.07) is 0.685. The highest BCUT2D eigenvalue weighted by Crippen LogP contribution is 2.23. The van der Waals surface area contributed by atoms with E-state index in [0.717, 1.165) is 25.9 Å². The van der Waals surface area contributed by atoms with E-state index in [9.17, 15) is 4.79 Å². The van der Waals surface area contributed by atoms with E-state index in [0.29, 0.717) is 12.5 Å². The Morgan fingerprint density at radius 1 is 1.25 bits per heavy atom. The molecule has 0 atom stereocenters. The Morgan fingerprint density at radius 2 is 1.94 bits per heavy atom. The van der Waals surface area contributed by atoms with Gasteiger partial charge in [0.05, 0.1) is 6.61 Å². The number of hydrogen-bond acceptors (Lipinski definition) is 3. The van der Waals surface area contributed by atoms with Crippen LogP contribution >= 0.6 is 0 Å². The standard InChI is InChI=1S/C13H25NO2/c1-12(16)6-4-5-9-14(10-11-15)13-7-2-3-8-13/h13,15H,2-11H2,1H3. The molecule has 1 N–H and O–H groups in total. The lowest BCUT2D eigenvalue weighted by Crippen LogP contribution is -2.36. The number of aliphatic hydroxyl groups excluding tert-OH is 1. The highest BCUT2D eigenvalue weighted by atomic mass is 16.3. The summed E-state index contributed by atoms with van der Waals surface area (Å²) in [6.07, 6.45) is 8.01. The quantitative estimate of drug-likeness (QED) is 0.645. The normalized spacial score (nSPS) is 17.2. The number of carbonyl (C=O) groups excluding carboxylic acids is 1. The molecule has 0 aromatic rings. The van der Waals surface area contributed by atoms with Crippen molar-refractivity contribution in [3.63, 3.8) is 0 Å². The lowest BCUT2D eigenvalue weighted by Gasteiger charge is -2.27. The fourth-order valence-corrected chi connectivity index (χ4v) is 2.56. The minimum atomic E-state index is 0.253. The Kier molecular flexibility index (Phi) is 6.65. The smallest absolute Gasteiger partial charge is 0.129 e. The first-order chi connectivity index (χ1) is 7.74. The summed E-state index contributed by atoms with van der Waals surface area (Å²) in [6.45, 7) is 3.74. The van der Waals surface area contributed by atoms with Crippen molar-refractivity contribution < 1.29 is 9.90 Å². The van der Waals surface area contributed by atoms with Gasteiger partial charge in [-0.25, -0.2) is 0 Å². The average Bonchev–Trinajstić information content (AvgIpc) is 2.75. The SMILES string of the molecule is CC(=O)CCCCN(CCO)C1CCCC1. The number of carbonyl (C=O) groups is 1. The van der Waals surface area contributed by atoms with Crippen molar-refractivity contribution in [2.24, 2.45) is 0 Å². The van der Waals surface area contributed by atoms with Crippen molar-refractivity contribution in [3.8, 4) is 0 Å². The van der Waals surface area contributed by atoms with Gasteiger partial charge in [-0.05, 0) is 39.2 Å². The second-order valence-electron chi connectivity index (χ2n) is 4.86. The van der Waals surface area contributed by atoms with E-state index in [1.165, 1.54) is 25.7 Å². The van der Waals surface area contributed by atoms with E-state index in [2.05, 4.69) is 4.90 Å². The molecular weight excluding hydrogens is 202 g/mol. The predicted octanol–water partition coefficient (Wildman–Crippen LogP) is 1.98. The molecule has 0 radical (unpaired) electrons. The van der Waals surface area contributed by atoms with Gasteiger partial charge in [0.25, 0.3) is 0 Å². The highest BCUT2D eigenvalue weighted by molar-refractivity contribution is 5.75. The van der Waals surface area contributed by atoms with Gasteiger partial charge >= 0.3 is 0 Å². The van der Waals surface area contributed by atoms with Crippen molar-refractivity contribution >= 4 is 5.78 Å². The average molecular weight is 227 g/mol. The summed E-state index contributed by atoms with van der Waals surface area (Å²) >= 11 is 0. The molecule has 94 valence electrons. The molecular formula is C13H25NO2. The van der Waals surface area contributed by atoms with Crippen LogP contribution in [0.25, 0.3) is 0 Å². The van der Waals surface area contributed by atoms with E-state index in [1.807, 2.05) is 0 Å². The highest BCUT2D eigenvalue weighted by Gasteiger charge is 2.21. The van der Waals surface area contributed by atoms with E-state index in [-0.39, 0.29) is 12.4 Å². The zero-order valence-corrected chi connectivity index (χ0v) is 10.5. The van der Waals surface area contributed by atoms with Crippen LogP contribution in [0.1, 0.15) is 51.9 Å². The van der Waals surface area contributed by atoms with Gasteiger partial charge in [0.15, 0.2) is 0 Å². The molecule has 0 aliphatic heterocycles. The summed E-state index contributed by atoms with van der Waals surface area (Å²) in [5.74, 6) is 0.287. The first kappa shape index (κ1) is 13.7. The molecule has 1 saturated carbocycles. The number of rotatable bonds is 8. The minimum absolute atomic E-state index is 0.253. The molecule has 1 fully saturated rings. The molecule has 0 spiro atoms. The Balaban J connectivity index is 2.19. The van der Waals surface area contributed by atoms with E-state index < -0.39 is 0 Å². The Bertz CT molecular complexity index is 200. The maximum Gasteiger partial charge on any atom is 0.129 e. The van der Waals surface area contributed by atoms with Crippen LogP contribution in [0.15, 0.2) is 0 Å². The van der Waals surface area contributed by atoms with Crippen LogP contribution < -0.4 is 0 Å². The third-order valence-electron chi connectivity index (χ3n) is 3.45. The van der Waals surface area contributed by atoms with Crippen LogP contribution in [-0.4, -0.2) is 41.5 Å². The van der Waals surface area contributed by atoms with Crippen LogP contribution in [0, 0.1) is 0 Å². The first-order valence-corrected chi connectivity index (χ1v) is 6.58. The zero-order valence-electron chi connectivity index (χ0n) is 10.5. The molecule has 3 nitrogen and oxygen atoms in total. The molecule has 1 rings (SSSR count). The van der Waals surface area contributed by atoms with Gasteiger partial charge in [-0.3, -0.25) is 4.90 Å². The Labute approximate surface area is 98.8 Å². The molecule has 1 aliphatic rings. The third kappa shape index (κ3) is 5.08. The fraction of sp³-hybridized carbons (Fsp3) is 0.923. The van der Waals surface area contributed by atoms with Crippen molar-refractivity contribution in [3.05, 3.63) is 0 Å². The van der Waals surface area contributed by atoms with E-state index >= 15 is 0 Å². The van der Waals surface area contributed by atoms with Crippen LogP contribution in [0.5, 0.6) is 0 Å². The number of aliphatic hydroxyl groups is 1. The number of hydrogen-bond donors (Lipinski definition) is 1. The summed E-state index contributed by atoms with van der Waals surface area (Å²) in [7, 11) is 0. The molecule has 0 amide bonds. The van der Waals surface area contributed by atoms with Crippen LogP contribution in [0.3, 0.4) is 0 Å². The molecule has 16 heavy (non-hydrogen) atoms. The van der Waals surface area contributed by atoms with Gasteiger partial charge in [0.2, 0.25) is 0 Å². The summed E-state index contributed by atoms with van der Waals surface area (Å²) < 4.78 is 0. The number of unbranched alkanes of at least 4 members (excludes halogenated alkanes) is 1. The Hall–Kier alpha value is -0.410. The van der Waals surface area contributed by atoms with Gasteiger partial charge in [-0.15, -0.1) is 0 Å². The first-order valence-electron chi connectivity index (χ1n) is 6.58. The second-order valence-corrected chi connectivity index (χ2v) is 4.86. The second kappa shape index (κ2) is 7.80. The van der Waals surface area contributed by atoms with Crippen LogP contribution in [0.2, 0.25) is 0 Å². The molecule has 0 saturated heterocycles. The van der Waals surface area contributed by atoms with Crippen LogP contribution in [0.4, 0.5) is 0 Å². The molecule has 3 heteroatoms. The molecule has 0 heterocycles. The largest absolute Gasteiger partial charge is 0.395 e. The maximum absolute atomic E-state index is 10.8. The van der Waals surface area contributed by atoms with Gasteiger partial charge in [0, 0.05) is 19.0 Å². The molecule has 0 unspecified atom stereocenters. The van der Waals surface area contributed by atoms with Gasteiger partial charge < -0.3 is 9.90 Å². The van der Waals surface area contributed by atoms with Crippen LogP contribution in [-0.2, 0) is 4.79 Å². The van der Waals surface area contributed by atoms with Crippen molar-refractivity contribution in [1.29, 1.82) is 0 Å².